The Hall–Kier alpha value is 0.0500. The lowest BCUT2D eigenvalue weighted by atomic mass is 10.2. The monoisotopic (exact) mass is 172 g/mol. The minimum absolute atomic E-state index is 1.02. The first-order valence-electron chi connectivity index (χ1n) is 3.55. The molecule has 56 valence electrons. The Morgan fingerprint density at radius 2 is 2.30 bits per heavy atom. The van der Waals surface area contributed by atoms with E-state index < -0.39 is 0 Å². The van der Waals surface area contributed by atoms with E-state index in [1.165, 1.54) is 24.8 Å². The van der Waals surface area contributed by atoms with Gasteiger partial charge in [-0.1, -0.05) is 0 Å². The van der Waals surface area contributed by atoms with Crippen molar-refractivity contribution in [2.45, 2.75) is 19.3 Å². The van der Waals surface area contributed by atoms with Gasteiger partial charge in [0, 0.05) is 0 Å². The van der Waals surface area contributed by atoms with E-state index in [0.29, 0.717) is 0 Å². The van der Waals surface area contributed by atoms with E-state index in [2.05, 4.69) is 29.5 Å². The van der Waals surface area contributed by atoms with Crippen molar-refractivity contribution >= 4 is 24.0 Å². The first-order chi connectivity index (χ1) is 4.93. The van der Waals surface area contributed by atoms with Crippen LogP contribution < -0.4 is 0 Å². The van der Waals surface area contributed by atoms with Gasteiger partial charge in [-0.25, -0.2) is 0 Å². The van der Waals surface area contributed by atoms with Crippen molar-refractivity contribution in [3.63, 3.8) is 0 Å². The Kier molecular flexibility index (Phi) is 3.91. The first kappa shape index (κ1) is 8.15. The van der Waals surface area contributed by atoms with Gasteiger partial charge in [-0.05, 0) is 47.4 Å². The zero-order valence-electron chi connectivity index (χ0n) is 5.92. The molecule has 0 aliphatic rings. The minimum Gasteiger partial charge on any atom is -0.179 e. The molecule has 0 radical (unpaired) electrons. The second kappa shape index (κ2) is 4.80. The molecule has 1 aromatic heterocycles. The van der Waals surface area contributed by atoms with Gasteiger partial charge in [0.2, 0.25) is 0 Å². The molecule has 1 rings (SSSR count). The van der Waals surface area contributed by atoms with E-state index in [9.17, 15) is 0 Å². The largest absolute Gasteiger partial charge is 0.179 e. The summed E-state index contributed by atoms with van der Waals surface area (Å²) in [6.45, 7) is 0. The minimum atomic E-state index is 1.02. The maximum atomic E-state index is 4.15. The third kappa shape index (κ3) is 2.76. The van der Waals surface area contributed by atoms with E-state index in [1.54, 1.807) is 11.3 Å². The highest BCUT2D eigenvalue weighted by Crippen LogP contribution is 2.09. The fourth-order valence-corrected chi connectivity index (χ4v) is 1.80. The van der Waals surface area contributed by atoms with E-state index in [4.69, 9.17) is 0 Å². The van der Waals surface area contributed by atoms with Gasteiger partial charge >= 0.3 is 0 Å². The number of unbranched alkanes of at least 4 members (excludes halogenated alkanes) is 1. The number of thiol groups is 1. The molecule has 0 unspecified atom stereocenters. The summed E-state index contributed by atoms with van der Waals surface area (Å²) < 4.78 is 0. The molecule has 0 saturated heterocycles. The van der Waals surface area contributed by atoms with Crippen LogP contribution >= 0.6 is 24.0 Å². The quantitative estimate of drug-likeness (QED) is 0.524. The summed E-state index contributed by atoms with van der Waals surface area (Å²) in [6, 6.07) is 2.20. The van der Waals surface area contributed by atoms with Crippen LogP contribution in [0.15, 0.2) is 16.8 Å². The molecule has 0 aromatic carbocycles. The number of aryl methyl sites for hydroxylation is 1. The Morgan fingerprint density at radius 3 is 2.90 bits per heavy atom. The van der Waals surface area contributed by atoms with Gasteiger partial charge in [-0.2, -0.15) is 24.0 Å². The van der Waals surface area contributed by atoms with Gasteiger partial charge in [0.15, 0.2) is 0 Å². The lowest BCUT2D eigenvalue weighted by Crippen LogP contribution is -1.82. The lowest BCUT2D eigenvalue weighted by molar-refractivity contribution is 0.806. The molecule has 0 spiro atoms. The van der Waals surface area contributed by atoms with Gasteiger partial charge in [0.05, 0.1) is 0 Å². The molecule has 0 N–H and O–H groups in total. The smallest absolute Gasteiger partial charge is 0.00613 e. The molecule has 0 aliphatic carbocycles. The summed E-state index contributed by atoms with van der Waals surface area (Å²) in [5, 5.41) is 4.36. The molecule has 0 amide bonds. The van der Waals surface area contributed by atoms with Crippen molar-refractivity contribution in [1.82, 2.24) is 0 Å². The Balaban J connectivity index is 2.15. The van der Waals surface area contributed by atoms with Crippen LogP contribution in [0, 0.1) is 0 Å². The Morgan fingerprint density at radius 1 is 1.40 bits per heavy atom. The van der Waals surface area contributed by atoms with Crippen molar-refractivity contribution < 1.29 is 0 Å². The molecular weight excluding hydrogens is 160 g/mol. The third-order valence-corrected chi connectivity index (χ3v) is 2.50. The van der Waals surface area contributed by atoms with Crippen molar-refractivity contribution in [2.24, 2.45) is 0 Å². The van der Waals surface area contributed by atoms with Gasteiger partial charge in [0.25, 0.3) is 0 Å². The average molecular weight is 172 g/mol. The standard InChI is InChI=1S/C8H12S2/c9-5-2-1-3-8-4-6-10-7-8/h4,6-7,9H,1-3,5H2. The predicted octanol–water partition coefficient (Wildman–Crippen LogP) is 3.00. The van der Waals surface area contributed by atoms with Crippen LogP contribution in [0.3, 0.4) is 0 Å². The van der Waals surface area contributed by atoms with E-state index in [0.717, 1.165) is 5.75 Å². The Bertz CT molecular complexity index is 156. The van der Waals surface area contributed by atoms with E-state index in [1.807, 2.05) is 0 Å². The fraction of sp³-hybridized carbons (Fsp3) is 0.500. The highest BCUT2D eigenvalue weighted by molar-refractivity contribution is 7.80. The summed E-state index contributed by atoms with van der Waals surface area (Å²) >= 11 is 5.93. The zero-order chi connectivity index (χ0) is 7.23. The number of hydrogen-bond acceptors (Lipinski definition) is 2. The van der Waals surface area contributed by atoms with Crippen molar-refractivity contribution in [3.8, 4) is 0 Å². The number of thiophene rings is 1. The third-order valence-electron chi connectivity index (χ3n) is 1.45. The molecule has 1 aromatic rings. The van der Waals surface area contributed by atoms with Crippen LogP contribution in [0.5, 0.6) is 0 Å². The van der Waals surface area contributed by atoms with Crippen LogP contribution in [-0.2, 0) is 6.42 Å². The normalized spacial score (nSPS) is 10.1. The Labute approximate surface area is 71.7 Å². The van der Waals surface area contributed by atoms with Crippen LogP contribution in [0.2, 0.25) is 0 Å². The average Bonchev–Trinajstić information content (AvgIpc) is 2.41. The second-order valence-electron chi connectivity index (χ2n) is 2.31. The van der Waals surface area contributed by atoms with Gasteiger partial charge in [-0.3, -0.25) is 0 Å². The maximum Gasteiger partial charge on any atom is -0.00613 e. The highest BCUT2D eigenvalue weighted by atomic mass is 32.1. The molecule has 0 nitrogen and oxygen atoms in total. The molecule has 0 saturated carbocycles. The topological polar surface area (TPSA) is 0 Å². The van der Waals surface area contributed by atoms with Crippen LogP contribution in [0.4, 0.5) is 0 Å². The fourth-order valence-electron chi connectivity index (χ4n) is 0.876. The van der Waals surface area contributed by atoms with Gasteiger partial charge in [-0.15, -0.1) is 0 Å². The summed E-state index contributed by atoms with van der Waals surface area (Å²) in [5.41, 5.74) is 1.48. The SMILES string of the molecule is SCCCCc1ccsc1. The molecule has 10 heavy (non-hydrogen) atoms. The van der Waals surface area contributed by atoms with Crippen LogP contribution in [0.1, 0.15) is 18.4 Å². The summed E-state index contributed by atoms with van der Waals surface area (Å²) in [6.07, 6.45) is 3.74. The molecule has 0 fully saturated rings. The van der Waals surface area contributed by atoms with Crippen LogP contribution in [0.25, 0.3) is 0 Å². The number of hydrogen-bond donors (Lipinski definition) is 1. The van der Waals surface area contributed by atoms with Crippen molar-refractivity contribution in [3.05, 3.63) is 22.4 Å². The zero-order valence-corrected chi connectivity index (χ0v) is 7.63. The molecule has 0 atom stereocenters. The van der Waals surface area contributed by atoms with Crippen molar-refractivity contribution in [1.29, 1.82) is 0 Å². The summed E-state index contributed by atoms with van der Waals surface area (Å²) in [5.74, 6) is 1.02. The summed E-state index contributed by atoms with van der Waals surface area (Å²) in [7, 11) is 0. The first-order valence-corrected chi connectivity index (χ1v) is 5.13. The highest BCUT2D eigenvalue weighted by Gasteiger charge is 1.90. The maximum absolute atomic E-state index is 4.15. The molecule has 0 bridgehead atoms. The van der Waals surface area contributed by atoms with E-state index >= 15 is 0 Å². The second-order valence-corrected chi connectivity index (χ2v) is 3.54. The van der Waals surface area contributed by atoms with Gasteiger partial charge in [0.1, 0.15) is 0 Å². The molecular formula is C8H12S2. The molecule has 1 heterocycles. The van der Waals surface area contributed by atoms with Crippen molar-refractivity contribution in [2.75, 3.05) is 5.75 Å². The van der Waals surface area contributed by atoms with E-state index in [-0.39, 0.29) is 0 Å². The van der Waals surface area contributed by atoms with Crippen LogP contribution in [-0.4, -0.2) is 5.75 Å². The number of rotatable bonds is 4. The lowest BCUT2D eigenvalue weighted by Gasteiger charge is -1.93. The summed E-state index contributed by atoms with van der Waals surface area (Å²) in [4.78, 5) is 0. The van der Waals surface area contributed by atoms with Gasteiger partial charge < -0.3 is 0 Å². The predicted molar refractivity (Wildman–Crippen MR) is 51.1 cm³/mol. The molecule has 0 aliphatic heterocycles. The molecule has 2 heteroatoms.